The second kappa shape index (κ2) is 8.57. The minimum absolute atomic E-state index is 0.0248. The SMILES string of the molecule is CCC(CC)CN(CC)C(=O)CC(N)CC(C)(C)C. The van der Waals surface area contributed by atoms with Gasteiger partial charge < -0.3 is 10.6 Å². The molecule has 114 valence electrons. The van der Waals surface area contributed by atoms with Crippen LogP contribution in [0.2, 0.25) is 0 Å². The average Bonchev–Trinajstić information content (AvgIpc) is 2.27. The standard InChI is InChI=1S/C16H34N2O/c1-7-13(8-2)12-18(9-3)15(19)10-14(17)11-16(4,5)6/h13-14H,7-12,17H2,1-6H3. The van der Waals surface area contributed by atoms with Gasteiger partial charge in [-0.2, -0.15) is 0 Å². The molecule has 0 aromatic rings. The molecule has 0 aliphatic heterocycles. The third-order valence-corrected chi connectivity index (χ3v) is 3.68. The molecule has 0 aliphatic rings. The van der Waals surface area contributed by atoms with E-state index in [0.717, 1.165) is 32.4 Å². The molecule has 0 aromatic heterocycles. The van der Waals surface area contributed by atoms with E-state index in [1.807, 2.05) is 4.90 Å². The molecule has 1 atom stereocenters. The van der Waals surface area contributed by atoms with Crippen LogP contribution in [-0.2, 0) is 4.79 Å². The van der Waals surface area contributed by atoms with Crippen molar-refractivity contribution in [1.29, 1.82) is 0 Å². The Balaban J connectivity index is 4.35. The van der Waals surface area contributed by atoms with Crippen LogP contribution in [0.15, 0.2) is 0 Å². The summed E-state index contributed by atoms with van der Waals surface area (Å²) in [5.74, 6) is 0.828. The van der Waals surface area contributed by atoms with Crippen molar-refractivity contribution >= 4 is 5.91 Å². The molecule has 0 rings (SSSR count). The van der Waals surface area contributed by atoms with Crippen molar-refractivity contribution in [2.24, 2.45) is 17.1 Å². The van der Waals surface area contributed by atoms with Gasteiger partial charge in [0.05, 0.1) is 0 Å². The van der Waals surface area contributed by atoms with Crippen LogP contribution in [0.4, 0.5) is 0 Å². The minimum Gasteiger partial charge on any atom is -0.343 e. The number of nitrogens with zero attached hydrogens (tertiary/aromatic N) is 1. The van der Waals surface area contributed by atoms with E-state index in [1.54, 1.807) is 0 Å². The number of hydrogen-bond acceptors (Lipinski definition) is 2. The molecule has 1 unspecified atom stereocenters. The molecule has 0 saturated heterocycles. The molecule has 19 heavy (non-hydrogen) atoms. The Morgan fingerprint density at radius 1 is 1.16 bits per heavy atom. The summed E-state index contributed by atoms with van der Waals surface area (Å²) in [5.41, 5.74) is 6.29. The third kappa shape index (κ3) is 8.25. The predicted molar refractivity (Wildman–Crippen MR) is 83.0 cm³/mol. The molecule has 0 bridgehead atoms. The summed E-state index contributed by atoms with van der Waals surface area (Å²) in [4.78, 5) is 14.3. The lowest BCUT2D eigenvalue weighted by Crippen LogP contribution is -2.39. The van der Waals surface area contributed by atoms with Gasteiger partial charge in [0.15, 0.2) is 0 Å². The number of rotatable bonds is 8. The van der Waals surface area contributed by atoms with Gasteiger partial charge in [-0.3, -0.25) is 4.79 Å². The molecule has 0 fully saturated rings. The van der Waals surface area contributed by atoms with Gasteiger partial charge >= 0.3 is 0 Å². The highest BCUT2D eigenvalue weighted by atomic mass is 16.2. The van der Waals surface area contributed by atoms with Crippen molar-refractivity contribution in [2.45, 2.75) is 73.3 Å². The Bertz CT molecular complexity index is 254. The van der Waals surface area contributed by atoms with Crippen LogP contribution in [0.1, 0.15) is 67.2 Å². The second-order valence-corrected chi connectivity index (χ2v) is 6.84. The maximum atomic E-state index is 12.3. The van der Waals surface area contributed by atoms with Crippen molar-refractivity contribution < 1.29 is 4.79 Å². The Labute approximate surface area is 119 Å². The number of carbonyl (C=O) groups excluding carboxylic acids is 1. The monoisotopic (exact) mass is 270 g/mol. The van der Waals surface area contributed by atoms with Crippen LogP contribution in [0.5, 0.6) is 0 Å². The van der Waals surface area contributed by atoms with Crippen LogP contribution >= 0.6 is 0 Å². The summed E-state index contributed by atoms with van der Waals surface area (Å²) in [7, 11) is 0. The van der Waals surface area contributed by atoms with Crippen molar-refractivity contribution in [3.8, 4) is 0 Å². The van der Waals surface area contributed by atoms with Gasteiger partial charge in [-0.05, 0) is 24.7 Å². The first-order valence-electron chi connectivity index (χ1n) is 7.76. The summed E-state index contributed by atoms with van der Waals surface area (Å²) < 4.78 is 0. The van der Waals surface area contributed by atoms with Gasteiger partial charge in [-0.1, -0.05) is 47.5 Å². The molecule has 2 N–H and O–H groups in total. The Hall–Kier alpha value is -0.570. The van der Waals surface area contributed by atoms with Gasteiger partial charge in [-0.25, -0.2) is 0 Å². The molecule has 0 aromatic carbocycles. The van der Waals surface area contributed by atoms with Crippen molar-refractivity contribution in [3.63, 3.8) is 0 Å². The van der Waals surface area contributed by atoms with E-state index in [2.05, 4.69) is 41.5 Å². The first-order chi connectivity index (χ1) is 8.73. The topological polar surface area (TPSA) is 46.3 Å². The fourth-order valence-corrected chi connectivity index (χ4v) is 2.48. The van der Waals surface area contributed by atoms with E-state index in [0.29, 0.717) is 12.3 Å². The van der Waals surface area contributed by atoms with Gasteiger partial charge in [0.2, 0.25) is 5.91 Å². The summed E-state index contributed by atoms with van der Waals surface area (Å²) in [6, 6.07) is -0.0248. The van der Waals surface area contributed by atoms with Crippen LogP contribution in [0.25, 0.3) is 0 Å². The van der Waals surface area contributed by atoms with Crippen molar-refractivity contribution in [3.05, 3.63) is 0 Å². The summed E-state index contributed by atoms with van der Waals surface area (Å²) in [6.07, 6.45) is 3.63. The Morgan fingerprint density at radius 3 is 2.05 bits per heavy atom. The maximum Gasteiger partial charge on any atom is 0.224 e. The quantitative estimate of drug-likeness (QED) is 0.734. The lowest BCUT2D eigenvalue weighted by atomic mass is 9.87. The Morgan fingerprint density at radius 2 is 1.68 bits per heavy atom. The second-order valence-electron chi connectivity index (χ2n) is 6.84. The molecule has 0 saturated carbocycles. The molecule has 0 radical (unpaired) electrons. The molecule has 3 heteroatoms. The highest BCUT2D eigenvalue weighted by molar-refractivity contribution is 5.76. The average molecular weight is 270 g/mol. The van der Waals surface area contributed by atoms with Gasteiger partial charge in [0.25, 0.3) is 0 Å². The highest BCUT2D eigenvalue weighted by Crippen LogP contribution is 2.21. The fraction of sp³-hybridized carbons (Fsp3) is 0.938. The van der Waals surface area contributed by atoms with Crippen LogP contribution < -0.4 is 5.73 Å². The molecule has 0 heterocycles. The molecular formula is C16H34N2O. The first kappa shape index (κ1) is 18.4. The number of amides is 1. The van der Waals surface area contributed by atoms with E-state index < -0.39 is 0 Å². The van der Waals surface area contributed by atoms with E-state index in [-0.39, 0.29) is 17.4 Å². The van der Waals surface area contributed by atoms with E-state index in [9.17, 15) is 4.79 Å². The highest BCUT2D eigenvalue weighted by Gasteiger charge is 2.21. The van der Waals surface area contributed by atoms with E-state index >= 15 is 0 Å². The lowest BCUT2D eigenvalue weighted by molar-refractivity contribution is -0.132. The van der Waals surface area contributed by atoms with E-state index in [1.165, 1.54) is 0 Å². The van der Waals surface area contributed by atoms with E-state index in [4.69, 9.17) is 5.73 Å². The zero-order chi connectivity index (χ0) is 15.1. The number of nitrogens with two attached hydrogens (primary N) is 1. The fourth-order valence-electron chi connectivity index (χ4n) is 2.48. The first-order valence-corrected chi connectivity index (χ1v) is 7.76. The number of carbonyl (C=O) groups is 1. The molecule has 0 spiro atoms. The van der Waals surface area contributed by atoms with Gasteiger partial charge in [0, 0.05) is 25.6 Å². The molecule has 3 nitrogen and oxygen atoms in total. The van der Waals surface area contributed by atoms with Crippen LogP contribution in [0.3, 0.4) is 0 Å². The van der Waals surface area contributed by atoms with Crippen molar-refractivity contribution in [2.75, 3.05) is 13.1 Å². The van der Waals surface area contributed by atoms with Gasteiger partial charge in [-0.15, -0.1) is 0 Å². The zero-order valence-corrected chi connectivity index (χ0v) is 13.8. The minimum atomic E-state index is -0.0248. The lowest BCUT2D eigenvalue weighted by Gasteiger charge is -2.28. The van der Waals surface area contributed by atoms with Crippen LogP contribution in [0, 0.1) is 11.3 Å². The predicted octanol–water partition coefficient (Wildman–Crippen LogP) is 3.42. The van der Waals surface area contributed by atoms with Crippen molar-refractivity contribution in [1.82, 2.24) is 4.90 Å². The van der Waals surface area contributed by atoms with Crippen LogP contribution in [-0.4, -0.2) is 29.9 Å². The largest absolute Gasteiger partial charge is 0.343 e. The normalized spacial score (nSPS) is 13.7. The Kier molecular flexibility index (Phi) is 8.31. The molecule has 0 aliphatic carbocycles. The summed E-state index contributed by atoms with van der Waals surface area (Å²) in [6.45, 7) is 14.6. The maximum absolute atomic E-state index is 12.3. The third-order valence-electron chi connectivity index (χ3n) is 3.68. The summed E-state index contributed by atoms with van der Waals surface area (Å²) >= 11 is 0. The smallest absolute Gasteiger partial charge is 0.224 e. The molecular weight excluding hydrogens is 236 g/mol. The molecule has 1 amide bonds. The number of hydrogen-bond donors (Lipinski definition) is 1. The zero-order valence-electron chi connectivity index (χ0n) is 13.8. The van der Waals surface area contributed by atoms with Gasteiger partial charge in [0.1, 0.15) is 0 Å². The summed E-state index contributed by atoms with van der Waals surface area (Å²) in [5, 5.41) is 0.